The highest BCUT2D eigenvalue weighted by atomic mass is 32.2. The molecule has 2 amide bonds. The Kier molecular flexibility index (Phi) is 6.01. The van der Waals surface area contributed by atoms with Gasteiger partial charge in [-0.15, -0.1) is 11.8 Å². The molecular formula is C22H23NO3S. The summed E-state index contributed by atoms with van der Waals surface area (Å²) in [5, 5.41) is 0. The van der Waals surface area contributed by atoms with E-state index in [0.29, 0.717) is 22.8 Å². The Morgan fingerprint density at radius 2 is 1.63 bits per heavy atom. The van der Waals surface area contributed by atoms with Crippen molar-refractivity contribution in [2.45, 2.75) is 32.6 Å². The van der Waals surface area contributed by atoms with E-state index in [-0.39, 0.29) is 17.9 Å². The summed E-state index contributed by atoms with van der Waals surface area (Å²) in [5.74, 6) is 0.953. The molecular weight excluding hydrogens is 358 g/mol. The van der Waals surface area contributed by atoms with Crippen LogP contribution in [-0.4, -0.2) is 29.4 Å². The molecule has 0 N–H and O–H groups in total. The van der Waals surface area contributed by atoms with Crippen molar-refractivity contribution in [3.05, 3.63) is 70.6 Å². The minimum atomic E-state index is -0.227. The van der Waals surface area contributed by atoms with E-state index in [4.69, 9.17) is 4.74 Å². The van der Waals surface area contributed by atoms with Crippen LogP contribution >= 0.6 is 11.8 Å². The van der Waals surface area contributed by atoms with Crippen LogP contribution in [0.15, 0.2) is 59.5 Å². The summed E-state index contributed by atoms with van der Waals surface area (Å²) in [6, 6.07) is 17.1. The van der Waals surface area contributed by atoms with E-state index in [2.05, 4.69) is 0 Å². The number of hydrogen-bond donors (Lipinski definition) is 0. The highest BCUT2D eigenvalue weighted by Crippen LogP contribution is 2.38. The van der Waals surface area contributed by atoms with Crippen molar-refractivity contribution in [2.24, 2.45) is 0 Å². The predicted molar refractivity (Wildman–Crippen MR) is 109 cm³/mol. The van der Waals surface area contributed by atoms with Gasteiger partial charge in [0.05, 0.1) is 17.1 Å². The molecule has 3 rings (SSSR count). The lowest BCUT2D eigenvalue weighted by molar-refractivity contribution is -0.138. The second kappa shape index (κ2) is 8.44. The third-order valence-corrected chi connectivity index (χ3v) is 5.41. The van der Waals surface area contributed by atoms with Crippen LogP contribution < -0.4 is 4.74 Å². The minimum absolute atomic E-state index is 0.183. The Morgan fingerprint density at radius 1 is 0.963 bits per heavy atom. The fourth-order valence-electron chi connectivity index (χ4n) is 3.00. The molecule has 0 saturated carbocycles. The van der Waals surface area contributed by atoms with Gasteiger partial charge in [-0.1, -0.05) is 42.5 Å². The molecule has 0 aromatic heterocycles. The number of amides is 2. The molecule has 0 atom stereocenters. The van der Waals surface area contributed by atoms with Crippen LogP contribution in [0.2, 0.25) is 0 Å². The number of carbonyl (C=O) groups is 2. The molecule has 1 aliphatic rings. The summed E-state index contributed by atoms with van der Waals surface area (Å²) in [6.45, 7) is 6.22. The maximum Gasteiger partial charge on any atom is 0.268 e. The SMILES string of the molecule is CCOc1ccc(C2=C(SCc3ccccc3)C(=O)N(C(C)C)C2=O)cc1. The van der Waals surface area contributed by atoms with Crippen molar-refractivity contribution in [2.75, 3.05) is 6.61 Å². The van der Waals surface area contributed by atoms with Crippen molar-refractivity contribution in [3.63, 3.8) is 0 Å². The average Bonchev–Trinajstić information content (AvgIpc) is 2.91. The Labute approximate surface area is 164 Å². The summed E-state index contributed by atoms with van der Waals surface area (Å²) in [4.78, 5) is 27.8. The first-order valence-electron chi connectivity index (χ1n) is 9.05. The van der Waals surface area contributed by atoms with Crippen LogP contribution in [0.1, 0.15) is 31.9 Å². The molecule has 0 bridgehead atoms. The van der Waals surface area contributed by atoms with Gasteiger partial charge in [-0.25, -0.2) is 0 Å². The smallest absolute Gasteiger partial charge is 0.268 e. The molecule has 0 saturated heterocycles. The van der Waals surface area contributed by atoms with Crippen LogP contribution in [0.4, 0.5) is 0 Å². The van der Waals surface area contributed by atoms with Gasteiger partial charge in [-0.2, -0.15) is 0 Å². The van der Waals surface area contributed by atoms with Crippen LogP contribution in [0, 0.1) is 0 Å². The number of benzene rings is 2. The van der Waals surface area contributed by atoms with Crippen LogP contribution in [0.5, 0.6) is 5.75 Å². The zero-order valence-corrected chi connectivity index (χ0v) is 16.6. The zero-order chi connectivity index (χ0) is 19.4. The molecule has 140 valence electrons. The maximum absolute atomic E-state index is 13.0. The standard InChI is InChI=1S/C22H23NO3S/c1-4-26-18-12-10-17(11-13-18)19-20(22(25)23(15(2)3)21(19)24)27-14-16-8-6-5-7-9-16/h5-13,15H,4,14H2,1-3H3. The lowest BCUT2D eigenvalue weighted by atomic mass is 10.1. The molecule has 0 aliphatic carbocycles. The number of nitrogens with zero attached hydrogens (tertiary/aromatic N) is 1. The fraction of sp³-hybridized carbons (Fsp3) is 0.273. The summed E-state index contributed by atoms with van der Waals surface area (Å²) in [6.07, 6.45) is 0. The Bertz CT molecular complexity index is 857. The number of imide groups is 1. The van der Waals surface area contributed by atoms with E-state index in [0.717, 1.165) is 16.9 Å². The topological polar surface area (TPSA) is 46.6 Å². The number of carbonyl (C=O) groups excluding carboxylic acids is 2. The van der Waals surface area contributed by atoms with E-state index in [1.807, 2.05) is 75.4 Å². The largest absolute Gasteiger partial charge is 0.494 e. The highest BCUT2D eigenvalue weighted by molar-refractivity contribution is 8.03. The van der Waals surface area contributed by atoms with Crippen molar-refractivity contribution in [3.8, 4) is 5.75 Å². The molecule has 2 aromatic carbocycles. The fourth-order valence-corrected chi connectivity index (χ4v) is 4.07. The molecule has 0 radical (unpaired) electrons. The lowest BCUT2D eigenvalue weighted by Gasteiger charge is -2.19. The van der Waals surface area contributed by atoms with Crippen molar-refractivity contribution >= 4 is 29.1 Å². The zero-order valence-electron chi connectivity index (χ0n) is 15.8. The van der Waals surface area contributed by atoms with E-state index in [1.54, 1.807) is 0 Å². The summed E-state index contributed by atoms with van der Waals surface area (Å²) in [5.41, 5.74) is 2.34. The Morgan fingerprint density at radius 3 is 2.22 bits per heavy atom. The molecule has 1 heterocycles. The summed E-state index contributed by atoms with van der Waals surface area (Å²) in [7, 11) is 0. The normalized spacial score (nSPS) is 14.4. The van der Waals surface area contributed by atoms with Gasteiger partial charge in [0.1, 0.15) is 5.75 Å². The first-order chi connectivity index (χ1) is 13.0. The lowest BCUT2D eigenvalue weighted by Crippen LogP contribution is -2.37. The monoisotopic (exact) mass is 381 g/mol. The van der Waals surface area contributed by atoms with Gasteiger partial charge in [-0.05, 0) is 44.0 Å². The van der Waals surface area contributed by atoms with Gasteiger partial charge in [0, 0.05) is 11.8 Å². The second-order valence-corrected chi connectivity index (χ2v) is 7.50. The van der Waals surface area contributed by atoms with Gasteiger partial charge in [0.25, 0.3) is 11.8 Å². The summed E-state index contributed by atoms with van der Waals surface area (Å²) < 4.78 is 5.48. The Balaban J connectivity index is 1.95. The van der Waals surface area contributed by atoms with Crippen LogP contribution in [-0.2, 0) is 15.3 Å². The van der Waals surface area contributed by atoms with E-state index in [9.17, 15) is 9.59 Å². The van der Waals surface area contributed by atoms with Gasteiger partial charge in [0.2, 0.25) is 0 Å². The van der Waals surface area contributed by atoms with Gasteiger partial charge < -0.3 is 4.74 Å². The quantitative estimate of drug-likeness (QED) is 0.662. The Hall–Kier alpha value is -2.53. The minimum Gasteiger partial charge on any atom is -0.494 e. The molecule has 2 aromatic rings. The van der Waals surface area contributed by atoms with Gasteiger partial charge >= 0.3 is 0 Å². The van der Waals surface area contributed by atoms with Crippen molar-refractivity contribution in [1.29, 1.82) is 0 Å². The molecule has 0 fully saturated rings. The molecule has 0 unspecified atom stereocenters. The van der Waals surface area contributed by atoms with E-state index >= 15 is 0 Å². The van der Waals surface area contributed by atoms with E-state index < -0.39 is 0 Å². The third-order valence-electron chi connectivity index (χ3n) is 4.27. The molecule has 4 nitrogen and oxygen atoms in total. The highest BCUT2D eigenvalue weighted by Gasteiger charge is 2.40. The van der Waals surface area contributed by atoms with Crippen LogP contribution in [0.3, 0.4) is 0 Å². The molecule has 27 heavy (non-hydrogen) atoms. The number of thioether (sulfide) groups is 1. The van der Waals surface area contributed by atoms with Crippen molar-refractivity contribution < 1.29 is 14.3 Å². The first-order valence-corrected chi connectivity index (χ1v) is 10.0. The number of rotatable bonds is 7. The average molecular weight is 381 g/mol. The number of hydrogen-bond acceptors (Lipinski definition) is 4. The van der Waals surface area contributed by atoms with Crippen molar-refractivity contribution in [1.82, 2.24) is 4.90 Å². The van der Waals surface area contributed by atoms with Crippen LogP contribution in [0.25, 0.3) is 5.57 Å². The molecule has 1 aliphatic heterocycles. The first kappa shape index (κ1) is 19.2. The van der Waals surface area contributed by atoms with Gasteiger partial charge in [-0.3, -0.25) is 14.5 Å². The molecule has 5 heteroatoms. The third kappa shape index (κ3) is 4.08. The summed E-state index contributed by atoms with van der Waals surface area (Å²) >= 11 is 1.42. The molecule has 0 spiro atoms. The number of ether oxygens (including phenoxy) is 1. The van der Waals surface area contributed by atoms with E-state index in [1.165, 1.54) is 16.7 Å². The van der Waals surface area contributed by atoms with Gasteiger partial charge in [0.15, 0.2) is 0 Å². The second-order valence-electron chi connectivity index (χ2n) is 6.51. The maximum atomic E-state index is 13.0. The predicted octanol–water partition coefficient (Wildman–Crippen LogP) is 4.51.